The maximum absolute atomic E-state index is 4.58. The summed E-state index contributed by atoms with van der Waals surface area (Å²) in [4.78, 5) is 8.34. The second kappa shape index (κ2) is 5.68. The highest BCUT2D eigenvalue weighted by Crippen LogP contribution is 2.33. The minimum Gasteiger partial charge on any atom is -0.309 e. The maximum Gasteiger partial charge on any atom is 0.107 e. The first-order valence-electron chi connectivity index (χ1n) is 6.84. The van der Waals surface area contributed by atoms with Gasteiger partial charge in [-0.25, -0.2) is 4.98 Å². The molecule has 1 aliphatic rings. The lowest BCUT2D eigenvalue weighted by atomic mass is 9.96. The van der Waals surface area contributed by atoms with Crippen molar-refractivity contribution in [1.29, 1.82) is 0 Å². The average molecular weight is 267 g/mol. The lowest BCUT2D eigenvalue weighted by Crippen LogP contribution is -2.49. The smallest absolute Gasteiger partial charge is 0.107 e. The molecule has 3 nitrogen and oxygen atoms in total. The molecule has 1 N–H and O–H groups in total. The van der Waals surface area contributed by atoms with Crippen LogP contribution in [0.25, 0.3) is 0 Å². The molecule has 4 heteroatoms. The topological polar surface area (TPSA) is 28.2 Å². The summed E-state index contributed by atoms with van der Waals surface area (Å²) in [6.45, 7) is 6.23. The number of aromatic nitrogens is 1. The van der Waals surface area contributed by atoms with Crippen LogP contribution in [0, 0.1) is 13.8 Å². The van der Waals surface area contributed by atoms with Gasteiger partial charge in [0.05, 0.1) is 5.69 Å². The van der Waals surface area contributed by atoms with E-state index in [1.54, 1.807) is 0 Å². The van der Waals surface area contributed by atoms with Gasteiger partial charge in [0.25, 0.3) is 0 Å². The Kier molecular flexibility index (Phi) is 4.41. The molecule has 0 radical (unpaired) electrons. The summed E-state index contributed by atoms with van der Waals surface area (Å²) in [7, 11) is 4.43. The van der Waals surface area contributed by atoms with Crippen molar-refractivity contribution >= 4 is 11.3 Å². The Morgan fingerprint density at radius 1 is 1.28 bits per heavy atom. The van der Waals surface area contributed by atoms with Crippen LogP contribution in [0.5, 0.6) is 0 Å². The van der Waals surface area contributed by atoms with Crippen LogP contribution in [-0.4, -0.2) is 36.1 Å². The molecule has 2 rings (SSSR count). The predicted molar refractivity (Wildman–Crippen MR) is 78.2 cm³/mol. The highest BCUT2D eigenvalue weighted by molar-refractivity contribution is 7.11. The monoisotopic (exact) mass is 267 g/mol. The highest BCUT2D eigenvalue weighted by Gasteiger charge is 2.35. The van der Waals surface area contributed by atoms with Crippen molar-refractivity contribution in [2.45, 2.75) is 51.6 Å². The number of nitrogens with zero attached hydrogens (tertiary/aromatic N) is 2. The molecular formula is C14H25N3S. The lowest BCUT2D eigenvalue weighted by Gasteiger charge is -2.36. The van der Waals surface area contributed by atoms with Gasteiger partial charge in [-0.05, 0) is 40.8 Å². The number of rotatable bonds is 5. The largest absolute Gasteiger partial charge is 0.309 e. The first-order chi connectivity index (χ1) is 8.53. The Morgan fingerprint density at radius 3 is 2.44 bits per heavy atom. The fourth-order valence-electron chi connectivity index (χ4n) is 2.83. The zero-order valence-corrected chi connectivity index (χ0v) is 12.9. The van der Waals surface area contributed by atoms with Crippen molar-refractivity contribution in [3.05, 3.63) is 15.6 Å². The first-order valence-corrected chi connectivity index (χ1v) is 7.66. The molecule has 0 saturated heterocycles. The van der Waals surface area contributed by atoms with E-state index in [2.05, 4.69) is 43.1 Å². The van der Waals surface area contributed by atoms with E-state index in [4.69, 9.17) is 0 Å². The van der Waals surface area contributed by atoms with Gasteiger partial charge in [0.15, 0.2) is 0 Å². The molecule has 1 aromatic rings. The maximum atomic E-state index is 4.58. The molecule has 18 heavy (non-hydrogen) atoms. The number of likely N-dealkylation sites (N-methyl/N-ethyl adjacent to an activating group) is 1. The molecular weight excluding hydrogens is 242 g/mol. The van der Waals surface area contributed by atoms with Gasteiger partial charge in [0, 0.05) is 23.5 Å². The second-order valence-electron chi connectivity index (χ2n) is 5.68. The molecule has 0 bridgehead atoms. The van der Waals surface area contributed by atoms with E-state index < -0.39 is 0 Å². The van der Waals surface area contributed by atoms with Crippen LogP contribution in [0.1, 0.15) is 41.3 Å². The Bertz CT molecular complexity index is 372. The molecule has 102 valence electrons. The van der Waals surface area contributed by atoms with Crippen molar-refractivity contribution < 1.29 is 0 Å². The van der Waals surface area contributed by atoms with Gasteiger partial charge in [-0.1, -0.05) is 12.8 Å². The number of aryl methyl sites for hydroxylation is 2. The van der Waals surface area contributed by atoms with Gasteiger partial charge in [0.1, 0.15) is 5.01 Å². The summed E-state index contributed by atoms with van der Waals surface area (Å²) >= 11 is 1.82. The van der Waals surface area contributed by atoms with Crippen LogP contribution in [0.15, 0.2) is 0 Å². The standard InChI is InChI=1S/C14H25N3S/c1-11-12(2)18-13(16-11)9-15-10-14(17(3)4)7-5-6-8-14/h15H,5-10H2,1-4H3. The normalized spacial score (nSPS) is 18.7. The van der Waals surface area contributed by atoms with E-state index in [1.807, 2.05) is 11.3 Å². The van der Waals surface area contributed by atoms with E-state index in [-0.39, 0.29) is 0 Å². The third-order valence-electron chi connectivity index (χ3n) is 4.29. The van der Waals surface area contributed by atoms with E-state index in [0.717, 1.165) is 13.1 Å². The minimum absolute atomic E-state index is 0.376. The fraction of sp³-hybridized carbons (Fsp3) is 0.786. The van der Waals surface area contributed by atoms with Gasteiger partial charge in [-0.2, -0.15) is 0 Å². The van der Waals surface area contributed by atoms with Crippen LogP contribution in [-0.2, 0) is 6.54 Å². The fourth-order valence-corrected chi connectivity index (χ4v) is 3.74. The molecule has 1 aromatic heterocycles. The van der Waals surface area contributed by atoms with E-state index in [0.29, 0.717) is 5.54 Å². The third kappa shape index (κ3) is 2.92. The summed E-state index contributed by atoms with van der Waals surface area (Å²) in [5.41, 5.74) is 1.56. The predicted octanol–water partition coefficient (Wildman–Crippen LogP) is 2.72. The lowest BCUT2D eigenvalue weighted by molar-refractivity contribution is 0.153. The number of nitrogens with one attached hydrogen (secondary N) is 1. The summed E-state index contributed by atoms with van der Waals surface area (Å²) < 4.78 is 0. The zero-order chi connectivity index (χ0) is 13.2. The van der Waals surface area contributed by atoms with Crippen LogP contribution >= 0.6 is 11.3 Å². The van der Waals surface area contributed by atoms with Gasteiger partial charge in [-0.15, -0.1) is 11.3 Å². The molecule has 1 aliphatic carbocycles. The third-order valence-corrected chi connectivity index (χ3v) is 5.36. The quantitative estimate of drug-likeness (QED) is 0.889. The first kappa shape index (κ1) is 14.0. The molecule has 0 aliphatic heterocycles. The van der Waals surface area contributed by atoms with Crippen molar-refractivity contribution in [2.75, 3.05) is 20.6 Å². The van der Waals surface area contributed by atoms with Crippen LogP contribution in [0.4, 0.5) is 0 Å². The Labute approximate surface area is 115 Å². The SMILES string of the molecule is Cc1nc(CNCC2(N(C)C)CCCC2)sc1C. The van der Waals surface area contributed by atoms with Gasteiger partial charge in [-0.3, -0.25) is 0 Å². The summed E-state index contributed by atoms with van der Waals surface area (Å²) in [5, 5.41) is 4.83. The summed E-state index contributed by atoms with van der Waals surface area (Å²) in [6.07, 6.45) is 5.39. The van der Waals surface area contributed by atoms with Crippen molar-refractivity contribution in [2.24, 2.45) is 0 Å². The summed E-state index contributed by atoms with van der Waals surface area (Å²) in [5.74, 6) is 0. The molecule has 0 atom stereocenters. The minimum atomic E-state index is 0.376. The number of hydrogen-bond donors (Lipinski definition) is 1. The van der Waals surface area contributed by atoms with Crippen molar-refractivity contribution in [1.82, 2.24) is 15.2 Å². The Morgan fingerprint density at radius 2 is 1.94 bits per heavy atom. The zero-order valence-electron chi connectivity index (χ0n) is 12.0. The average Bonchev–Trinajstić information content (AvgIpc) is 2.89. The molecule has 1 saturated carbocycles. The van der Waals surface area contributed by atoms with Gasteiger partial charge < -0.3 is 10.2 Å². The molecule has 0 amide bonds. The Hall–Kier alpha value is -0.450. The number of hydrogen-bond acceptors (Lipinski definition) is 4. The second-order valence-corrected chi connectivity index (χ2v) is 6.97. The van der Waals surface area contributed by atoms with E-state index in [9.17, 15) is 0 Å². The van der Waals surface area contributed by atoms with Crippen LogP contribution in [0.3, 0.4) is 0 Å². The highest BCUT2D eigenvalue weighted by atomic mass is 32.1. The molecule has 0 aromatic carbocycles. The Balaban J connectivity index is 1.87. The van der Waals surface area contributed by atoms with Crippen LogP contribution < -0.4 is 5.32 Å². The van der Waals surface area contributed by atoms with Gasteiger partial charge >= 0.3 is 0 Å². The van der Waals surface area contributed by atoms with Gasteiger partial charge in [0.2, 0.25) is 0 Å². The number of thiazole rings is 1. The van der Waals surface area contributed by atoms with Crippen molar-refractivity contribution in [3.8, 4) is 0 Å². The van der Waals surface area contributed by atoms with E-state index in [1.165, 1.54) is 41.3 Å². The van der Waals surface area contributed by atoms with Crippen molar-refractivity contribution in [3.63, 3.8) is 0 Å². The molecule has 0 unspecified atom stereocenters. The van der Waals surface area contributed by atoms with Crippen LogP contribution in [0.2, 0.25) is 0 Å². The molecule has 0 spiro atoms. The summed E-state index contributed by atoms with van der Waals surface area (Å²) in [6, 6.07) is 0. The molecule has 1 heterocycles. The van der Waals surface area contributed by atoms with E-state index >= 15 is 0 Å². The molecule has 1 fully saturated rings.